The largest absolute Gasteiger partial charge is 0.453 e. The average molecular weight is 622 g/mol. The van der Waals surface area contributed by atoms with E-state index in [2.05, 4.69) is 33.5 Å². The second-order valence-corrected chi connectivity index (χ2v) is 11.7. The molecule has 0 radical (unpaired) electrons. The number of ketones is 1. The Labute approximate surface area is 259 Å². The highest BCUT2D eigenvalue weighted by molar-refractivity contribution is 7.22. The van der Waals surface area contributed by atoms with Gasteiger partial charge in [0.25, 0.3) is 0 Å². The number of aliphatic hydroxyl groups is 1. The molecule has 1 aliphatic heterocycles. The van der Waals surface area contributed by atoms with Crippen LogP contribution in [-0.4, -0.2) is 70.7 Å². The number of benzene rings is 1. The van der Waals surface area contributed by atoms with Crippen LogP contribution >= 0.6 is 11.3 Å². The van der Waals surface area contributed by atoms with Gasteiger partial charge in [-0.3, -0.25) is 19.7 Å². The maximum absolute atomic E-state index is 14.9. The first kappa shape index (κ1) is 31.5. The molecule has 3 aromatic heterocycles. The highest BCUT2D eigenvalue weighted by Gasteiger charge is 2.20. The zero-order valence-corrected chi connectivity index (χ0v) is 25.4. The summed E-state index contributed by atoms with van der Waals surface area (Å²) in [4.78, 5) is 35.9. The van der Waals surface area contributed by atoms with E-state index < -0.39 is 11.8 Å². The van der Waals surface area contributed by atoms with E-state index in [1.807, 2.05) is 18.3 Å². The van der Waals surface area contributed by atoms with E-state index in [1.165, 1.54) is 23.5 Å². The Morgan fingerprint density at radius 2 is 1.98 bits per heavy atom. The van der Waals surface area contributed by atoms with E-state index in [0.29, 0.717) is 31.1 Å². The Hall–Kier alpha value is -3.97. The smallest absolute Gasteiger partial charge is 0.319 e. The van der Waals surface area contributed by atoms with Gasteiger partial charge in [0.15, 0.2) is 17.3 Å². The number of hydrogen-bond donors (Lipinski definition) is 3. The molecule has 4 aromatic rings. The van der Waals surface area contributed by atoms with Crippen molar-refractivity contribution < 1.29 is 28.6 Å². The van der Waals surface area contributed by atoms with Crippen LogP contribution < -0.4 is 15.4 Å². The first-order valence-corrected chi connectivity index (χ1v) is 15.5. The maximum Gasteiger partial charge on any atom is 0.319 e. The SMILES string of the molecule is CCCN(CCCCC(=O)CO)Cc1ccc(-c2cc3nccc(Oc4ccc(NC(=O)NC5COC5)cc4F)c3s2)nc1. The van der Waals surface area contributed by atoms with Gasteiger partial charge in [0.1, 0.15) is 12.4 Å². The lowest BCUT2D eigenvalue weighted by atomic mass is 10.1. The summed E-state index contributed by atoms with van der Waals surface area (Å²) in [5.41, 5.74) is 2.94. The molecule has 4 heterocycles. The molecule has 2 amide bonds. The standard InChI is InChI=1S/C32H36FN5O5S/c1-2-12-38(13-4-3-5-24(40)18-39)17-21-6-8-26(35-16-21)30-15-27-31(44-30)29(10-11-34-27)43-28-9-7-22(14-25(28)33)36-32(41)37-23-19-42-20-23/h6-11,14-16,23,39H,2-5,12-13,17-20H2,1H3,(H2,36,37,41). The van der Waals surface area contributed by atoms with Gasteiger partial charge in [-0.1, -0.05) is 13.0 Å². The summed E-state index contributed by atoms with van der Waals surface area (Å²) in [7, 11) is 0. The van der Waals surface area contributed by atoms with Crippen LogP contribution in [0.1, 0.15) is 38.2 Å². The van der Waals surface area contributed by atoms with Gasteiger partial charge in [-0.2, -0.15) is 0 Å². The Morgan fingerprint density at radius 1 is 1.11 bits per heavy atom. The van der Waals surface area contributed by atoms with E-state index in [4.69, 9.17) is 19.6 Å². The fraction of sp³-hybridized carbons (Fsp3) is 0.375. The van der Waals surface area contributed by atoms with Crippen molar-refractivity contribution in [2.24, 2.45) is 0 Å². The third-order valence-electron chi connectivity index (χ3n) is 7.14. The Balaban J connectivity index is 1.22. The molecule has 3 N–H and O–H groups in total. The highest BCUT2D eigenvalue weighted by atomic mass is 32.1. The quantitative estimate of drug-likeness (QED) is 0.143. The van der Waals surface area contributed by atoms with E-state index in [9.17, 15) is 14.0 Å². The third-order valence-corrected chi connectivity index (χ3v) is 8.30. The number of urea groups is 1. The van der Waals surface area contributed by atoms with Gasteiger partial charge in [-0.05, 0) is 62.2 Å². The molecule has 44 heavy (non-hydrogen) atoms. The van der Waals surface area contributed by atoms with Crippen LogP contribution in [0.15, 0.2) is 54.9 Å². The monoisotopic (exact) mass is 621 g/mol. The summed E-state index contributed by atoms with van der Waals surface area (Å²) < 4.78 is 26.7. The summed E-state index contributed by atoms with van der Waals surface area (Å²) in [5.74, 6) is -0.214. The third kappa shape index (κ3) is 8.35. The number of thiophene rings is 1. The number of rotatable bonds is 15. The minimum Gasteiger partial charge on any atom is -0.453 e. The summed E-state index contributed by atoms with van der Waals surface area (Å²) in [5, 5.41) is 14.3. The number of anilines is 1. The van der Waals surface area contributed by atoms with Gasteiger partial charge in [0.05, 0.1) is 40.0 Å². The average Bonchev–Trinajstić information content (AvgIpc) is 3.44. The highest BCUT2D eigenvalue weighted by Crippen LogP contribution is 2.39. The number of Topliss-reactive ketones (excluding diaryl/α,β-unsaturated/α-hetero) is 1. The molecule has 0 unspecified atom stereocenters. The topological polar surface area (TPSA) is 126 Å². The van der Waals surface area contributed by atoms with Gasteiger partial charge >= 0.3 is 6.03 Å². The Kier molecular flexibility index (Phi) is 10.8. The number of carbonyl (C=O) groups is 2. The zero-order valence-electron chi connectivity index (χ0n) is 24.6. The molecule has 0 atom stereocenters. The lowest BCUT2D eigenvalue weighted by Gasteiger charge is -2.26. The molecule has 0 bridgehead atoms. The predicted molar refractivity (Wildman–Crippen MR) is 168 cm³/mol. The number of fused-ring (bicyclic) bond motifs is 1. The Morgan fingerprint density at radius 3 is 2.68 bits per heavy atom. The van der Waals surface area contributed by atoms with Gasteiger partial charge in [0.2, 0.25) is 0 Å². The van der Waals surface area contributed by atoms with Crippen molar-refractivity contribution in [3.8, 4) is 22.1 Å². The van der Waals surface area contributed by atoms with Crippen molar-refractivity contribution in [1.82, 2.24) is 20.2 Å². The van der Waals surface area contributed by atoms with Gasteiger partial charge < -0.3 is 25.2 Å². The molecule has 12 heteroatoms. The van der Waals surface area contributed by atoms with Crippen LogP contribution in [0.2, 0.25) is 0 Å². The number of aliphatic hydroxyl groups excluding tert-OH is 1. The molecule has 232 valence electrons. The molecule has 1 fully saturated rings. The minimum absolute atomic E-state index is 0.0323. The molecule has 0 saturated carbocycles. The van der Waals surface area contributed by atoms with Gasteiger partial charge in [-0.25, -0.2) is 9.18 Å². The molecule has 1 aromatic carbocycles. The normalized spacial score (nSPS) is 13.2. The van der Waals surface area contributed by atoms with Crippen molar-refractivity contribution >= 4 is 39.1 Å². The lowest BCUT2D eigenvalue weighted by Crippen LogP contribution is -2.49. The predicted octanol–water partition coefficient (Wildman–Crippen LogP) is 5.75. The van der Waals surface area contributed by atoms with Crippen LogP contribution in [0.4, 0.5) is 14.9 Å². The number of nitrogens with zero attached hydrogens (tertiary/aromatic N) is 3. The lowest BCUT2D eigenvalue weighted by molar-refractivity contribution is -0.121. The second-order valence-electron chi connectivity index (χ2n) is 10.7. The van der Waals surface area contributed by atoms with Crippen LogP contribution in [0, 0.1) is 5.82 Å². The number of unbranched alkanes of at least 4 members (excludes halogenated alkanes) is 1. The molecule has 5 rings (SSSR count). The van der Waals surface area contributed by atoms with Crippen molar-refractivity contribution in [2.75, 3.05) is 38.2 Å². The zero-order chi connectivity index (χ0) is 30.9. The number of hydrogen-bond acceptors (Lipinski definition) is 9. The van der Waals surface area contributed by atoms with Crippen molar-refractivity contribution in [3.63, 3.8) is 0 Å². The molecular weight excluding hydrogens is 585 g/mol. The maximum atomic E-state index is 14.9. The summed E-state index contributed by atoms with van der Waals surface area (Å²) >= 11 is 1.47. The van der Waals surface area contributed by atoms with Crippen molar-refractivity contribution in [3.05, 3.63) is 66.2 Å². The van der Waals surface area contributed by atoms with E-state index in [1.54, 1.807) is 18.3 Å². The van der Waals surface area contributed by atoms with Crippen molar-refractivity contribution in [2.45, 2.75) is 45.2 Å². The van der Waals surface area contributed by atoms with Crippen molar-refractivity contribution in [1.29, 1.82) is 0 Å². The molecule has 10 nitrogen and oxygen atoms in total. The summed E-state index contributed by atoms with van der Waals surface area (Å²) in [6, 6.07) is 11.5. The fourth-order valence-electron chi connectivity index (χ4n) is 4.82. The van der Waals surface area contributed by atoms with Crippen LogP contribution in [0.25, 0.3) is 20.8 Å². The number of carbonyl (C=O) groups excluding carboxylic acids is 2. The molecule has 0 spiro atoms. The number of halogens is 1. The minimum atomic E-state index is -0.607. The second kappa shape index (κ2) is 15.2. The first-order chi connectivity index (χ1) is 21.4. The summed E-state index contributed by atoms with van der Waals surface area (Å²) in [6.45, 7) is 5.30. The number of nitrogens with one attached hydrogen (secondary N) is 2. The van der Waals surface area contributed by atoms with Crippen LogP contribution in [0.3, 0.4) is 0 Å². The Bertz CT molecular complexity index is 1580. The number of ether oxygens (including phenoxy) is 2. The van der Waals surface area contributed by atoms with Gasteiger partial charge in [-0.15, -0.1) is 11.3 Å². The number of amides is 2. The first-order valence-electron chi connectivity index (χ1n) is 14.7. The molecule has 1 saturated heterocycles. The molecular formula is C32H36FN5O5S. The molecule has 1 aliphatic rings. The van der Waals surface area contributed by atoms with E-state index in [0.717, 1.165) is 65.2 Å². The molecule has 0 aliphatic carbocycles. The van der Waals surface area contributed by atoms with E-state index in [-0.39, 0.29) is 24.2 Å². The number of aromatic nitrogens is 2. The van der Waals surface area contributed by atoms with Crippen LogP contribution in [-0.2, 0) is 16.1 Å². The summed E-state index contributed by atoms with van der Waals surface area (Å²) in [6.07, 6.45) is 6.61. The van der Waals surface area contributed by atoms with Gasteiger partial charge in [0, 0.05) is 43.2 Å². The number of pyridine rings is 2. The van der Waals surface area contributed by atoms with Crippen LogP contribution in [0.5, 0.6) is 11.5 Å². The van der Waals surface area contributed by atoms with E-state index >= 15 is 0 Å². The fourth-order valence-corrected chi connectivity index (χ4v) is 5.86.